The van der Waals surface area contributed by atoms with Crippen molar-refractivity contribution in [3.63, 3.8) is 0 Å². The number of allylic oxidation sites excluding steroid dienone is 1. The van der Waals surface area contributed by atoms with Crippen molar-refractivity contribution in [2.24, 2.45) is 4.99 Å². The Morgan fingerprint density at radius 1 is 1.07 bits per heavy atom. The maximum atomic E-state index is 9.79. The largest absolute Gasteiger partial charge is 0.353 e. The molecule has 0 aliphatic carbocycles. The third-order valence-electron chi connectivity index (χ3n) is 8.84. The van der Waals surface area contributed by atoms with Crippen LogP contribution >= 0.6 is 11.6 Å². The van der Waals surface area contributed by atoms with E-state index < -0.39 is 0 Å². The molecule has 1 aromatic heterocycles. The van der Waals surface area contributed by atoms with Crippen LogP contribution < -0.4 is 5.32 Å². The van der Waals surface area contributed by atoms with Crippen molar-refractivity contribution >= 4 is 40.5 Å². The number of halogens is 1. The molecule has 1 saturated heterocycles. The van der Waals surface area contributed by atoms with Crippen LogP contribution in [0.3, 0.4) is 0 Å². The molecule has 0 bridgehead atoms. The lowest BCUT2D eigenvalue weighted by atomic mass is 9.91. The molecule has 6 heteroatoms. The van der Waals surface area contributed by atoms with Crippen LogP contribution in [0, 0.1) is 18.3 Å². The van der Waals surface area contributed by atoms with Crippen LogP contribution in [0.15, 0.2) is 78.4 Å². The van der Waals surface area contributed by atoms with E-state index in [1.807, 2.05) is 43.5 Å². The number of nitrogens with one attached hydrogen (secondary N) is 1. The second-order valence-electron chi connectivity index (χ2n) is 11.9. The highest BCUT2D eigenvalue weighted by molar-refractivity contribution is 6.36. The number of likely N-dealkylation sites (tertiary alicyclic amines) is 1. The number of nitriles is 1. The number of fused-ring (bicyclic) bond motifs is 1. The number of aryl methyl sites for hydroxylation is 1. The number of hydrogen-bond donors (Lipinski definition) is 1. The summed E-state index contributed by atoms with van der Waals surface area (Å²) in [6, 6.07) is 21.0. The number of pyridine rings is 1. The lowest BCUT2D eigenvalue weighted by molar-refractivity contribution is 0.331. The quantitative estimate of drug-likeness (QED) is 0.205. The van der Waals surface area contributed by atoms with Gasteiger partial charge >= 0.3 is 0 Å². The zero-order valence-corrected chi connectivity index (χ0v) is 27.0. The van der Waals surface area contributed by atoms with Gasteiger partial charge in [-0.25, -0.2) is 0 Å². The minimum atomic E-state index is 0.619. The molecule has 3 heterocycles. The first kappa shape index (κ1) is 30.5. The van der Waals surface area contributed by atoms with Gasteiger partial charge in [0.15, 0.2) is 0 Å². The van der Waals surface area contributed by atoms with E-state index in [-0.39, 0.29) is 0 Å². The summed E-state index contributed by atoms with van der Waals surface area (Å²) in [6.07, 6.45) is 10.1. The van der Waals surface area contributed by atoms with Gasteiger partial charge in [0.25, 0.3) is 0 Å². The maximum Gasteiger partial charge on any atom is 0.0995 e. The third kappa shape index (κ3) is 6.22. The summed E-state index contributed by atoms with van der Waals surface area (Å²) in [5.41, 5.74) is 13.4. The van der Waals surface area contributed by atoms with Gasteiger partial charge in [0.1, 0.15) is 0 Å². The Balaban J connectivity index is 1.28. The van der Waals surface area contributed by atoms with E-state index in [4.69, 9.17) is 21.6 Å². The van der Waals surface area contributed by atoms with Gasteiger partial charge in [-0.15, -0.1) is 0 Å². The molecule has 4 aromatic rings. The van der Waals surface area contributed by atoms with Crippen LogP contribution in [0.1, 0.15) is 71.3 Å². The topological polar surface area (TPSA) is 64.3 Å². The number of aliphatic imine (C=N–C) groups is 1. The summed E-state index contributed by atoms with van der Waals surface area (Å²) in [6.45, 7) is 13.8. The van der Waals surface area contributed by atoms with Gasteiger partial charge in [-0.2, -0.15) is 5.26 Å². The number of aromatic nitrogens is 1. The summed E-state index contributed by atoms with van der Waals surface area (Å²) >= 11 is 7.12. The summed E-state index contributed by atoms with van der Waals surface area (Å²) in [5.74, 6) is 0. The molecule has 45 heavy (non-hydrogen) atoms. The Morgan fingerprint density at radius 2 is 1.82 bits per heavy atom. The zero-order valence-electron chi connectivity index (χ0n) is 26.3. The molecule has 0 unspecified atom stereocenters. The van der Waals surface area contributed by atoms with Crippen LogP contribution in [0.25, 0.3) is 22.9 Å². The molecule has 5 nitrogen and oxygen atoms in total. The summed E-state index contributed by atoms with van der Waals surface area (Å²) in [7, 11) is 0. The molecule has 0 amide bonds. The van der Waals surface area contributed by atoms with E-state index in [1.165, 1.54) is 18.4 Å². The average molecular weight is 612 g/mol. The highest BCUT2D eigenvalue weighted by Crippen LogP contribution is 2.39. The van der Waals surface area contributed by atoms with Crippen LogP contribution in [0.2, 0.25) is 5.02 Å². The molecular formula is C39H38ClN5. The standard InChI is InChI=1S/C39H38ClN5/c1-5-11-29-19-28(24-45-16-7-8-17-45)23-42-39(29)26(4)43-35-15-10-14-33(38(35)40)31-12-9-13-32(25(31)3)37-21-34-30(22-41)18-27(6-2)20-36(34)44-37/h5,9-15,18-20,23,43H,4,6-8,16-17,21,24H2,1-3H3/b11-5-. The highest BCUT2D eigenvalue weighted by Gasteiger charge is 2.23. The summed E-state index contributed by atoms with van der Waals surface area (Å²) in [4.78, 5) is 12.3. The summed E-state index contributed by atoms with van der Waals surface area (Å²) < 4.78 is 0. The van der Waals surface area contributed by atoms with Crippen molar-refractivity contribution < 1.29 is 0 Å². The molecular weight excluding hydrogens is 574 g/mol. The molecule has 0 radical (unpaired) electrons. The molecule has 0 spiro atoms. The predicted molar refractivity (Wildman–Crippen MR) is 188 cm³/mol. The first-order valence-corrected chi connectivity index (χ1v) is 16.1. The fourth-order valence-corrected chi connectivity index (χ4v) is 6.76. The van der Waals surface area contributed by atoms with E-state index in [0.29, 0.717) is 22.7 Å². The fraction of sp³-hybridized carbons (Fsp3) is 0.256. The van der Waals surface area contributed by atoms with Crippen LogP contribution in [0.4, 0.5) is 11.4 Å². The monoisotopic (exact) mass is 611 g/mol. The SMILES string of the molecule is C=C(Nc1cccc(-c2cccc(C3=Nc4cc(CC)cc(C#N)c4C3)c2C)c1Cl)c1ncc(CN2CCCC2)cc1/C=C\C. The van der Waals surface area contributed by atoms with Crippen LogP contribution in [0.5, 0.6) is 0 Å². The van der Waals surface area contributed by atoms with Crippen molar-refractivity contribution in [2.75, 3.05) is 18.4 Å². The molecule has 2 aliphatic heterocycles. The van der Waals surface area contributed by atoms with E-state index in [9.17, 15) is 5.26 Å². The molecule has 226 valence electrons. The minimum Gasteiger partial charge on any atom is -0.353 e. The zero-order chi connectivity index (χ0) is 31.5. The van der Waals surface area contributed by atoms with Gasteiger partial charge in [0.05, 0.1) is 45.1 Å². The van der Waals surface area contributed by atoms with E-state index in [2.05, 4.69) is 73.1 Å². The second kappa shape index (κ2) is 13.2. The van der Waals surface area contributed by atoms with Gasteiger partial charge in [-0.3, -0.25) is 14.9 Å². The summed E-state index contributed by atoms with van der Waals surface area (Å²) in [5, 5.41) is 13.9. The molecule has 1 fully saturated rings. The first-order valence-electron chi connectivity index (χ1n) is 15.7. The predicted octanol–water partition coefficient (Wildman–Crippen LogP) is 9.53. The van der Waals surface area contributed by atoms with Gasteiger partial charge < -0.3 is 5.32 Å². The van der Waals surface area contributed by atoms with Crippen molar-refractivity contribution in [3.05, 3.63) is 123 Å². The van der Waals surface area contributed by atoms with Crippen LogP contribution in [-0.2, 0) is 19.4 Å². The smallest absolute Gasteiger partial charge is 0.0995 e. The number of anilines is 1. The van der Waals surface area contributed by atoms with E-state index in [0.717, 1.165) is 87.8 Å². The maximum absolute atomic E-state index is 9.79. The Labute approximate surface area is 271 Å². The van der Waals surface area contributed by atoms with E-state index in [1.54, 1.807) is 0 Å². The number of benzene rings is 3. The second-order valence-corrected chi connectivity index (χ2v) is 12.2. The first-order chi connectivity index (χ1) is 21.9. The van der Waals surface area contributed by atoms with Gasteiger partial charge in [-0.1, -0.05) is 67.6 Å². The van der Waals surface area contributed by atoms with Crippen molar-refractivity contribution in [2.45, 2.75) is 53.0 Å². The minimum absolute atomic E-state index is 0.619. The molecule has 0 atom stereocenters. The molecule has 6 rings (SSSR count). The number of rotatable bonds is 9. The Bertz CT molecular complexity index is 1890. The Hall–Kier alpha value is -4.50. The molecule has 2 aliphatic rings. The molecule has 0 saturated carbocycles. The normalized spacial score (nSPS) is 14.4. The van der Waals surface area contributed by atoms with Gasteiger partial charge in [-0.05, 0) is 98.3 Å². The lowest BCUT2D eigenvalue weighted by Crippen LogP contribution is -2.18. The molecule has 3 aromatic carbocycles. The fourth-order valence-electron chi connectivity index (χ4n) is 6.48. The highest BCUT2D eigenvalue weighted by atomic mass is 35.5. The molecule has 1 N–H and O–H groups in total. The van der Waals surface area contributed by atoms with Crippen molar-refractivity contribution in [1.29, 1.82) is 5.26 Å². The van der Waals surface area contributed by atoms with E-state index >= 15 is 0 Å². The van der Waals surface area contributed by atoms with Crippen molar-refractivity contribution in [1.82, 2.24) is 9.88 Å². The van der Waals surface area contributed by atoms with Crippen molar-refractivity contribution in [3.8, 4) is 17.2 Å². The van der Waals surface area contributed by atoms with Gasteiger partial charge in [0.2, 0.25) is 0 Å². The lowest BCUT2D eigenvalue weighted by Gasteiger charge is -2.18. The Kier molecular flexibility index (Phi) is 8.98. The van der Waals surface area contributed by atoms with Gasteiger partial charge in [0, 0.05) is 35.9 Å². The Morgan fingerprint density at radius 3 is 2.58 bits per heavy atom. The third-order valence-corrected chi connectivity index (χ3v) is 9.25. The average Bonchev–Trinajstić information content (AvgIpc) is 3.72. The van der Waals surface area contributed by atoms with Crippen LogP contribution in [-0.4, -0.2) is 28.7 Å². The number of nitrogens with zero attached hydrogens (tertiary/aromatic N) is 4. The number of hydrogen-bond acceptors (Lipinski definition) is 5.